The first-order valence-electron chi connectivity index (χ1n) is 11.7. The molecule has 1 fully saturated rings. The third kappa shape index (κ3) is 5.48. The number of likely N-dealkylation sites (tertiary alicyclic amines) is 1. The maximum Gasteiger partial charge on any atom is 0.228 e. The minimum absolute atomic E-state index is 0.0292. The molecule has 2 heterocycles. The fourth-order valence-electron chi connectivity index (χ4n) is 4.71. The fraction of sp³-hybridized carbons (Fsp3) is 0.321. The van der Waals surface area contributed by atoms with Gasteiger partial charge in [0.15, 0.2) is 0 Å². The van der Waals surface area contributed by atoms with Crippen LogP contribution < -0.4 is 5.32 Å². The van der Waals surface area contributed by atoms with E-state index in [2.05, 4.69) is 46.7 Å². The average molecular weight is 442 g/mol. The zero-order valence-corrected chi connectivity index (χ0v) is 19.2. The summed E-state index contributed by atoms with van der Waals surface area (Å²) in [5, 5.41) is 3.03. The summed E-state index contributed by atoms with van der Waals surface area (Å²) in [5.74, 6) is 0.0639. The Labute approximate surface area is 195 Å². The molecule has 0 unspecified atom stereocenters. The molecule has 1 N–H and O–H groups in total. The number of nitrogens with one attached hydrogen (secondary N) is 1. The lowest BCUT2D eigenvalue weighted by Gasteiger charge is -2.42. The highest BCUT2D eigenvalue weighted by molar-refractivity contribution is 5.85. The van der Waals surface area contributed by atoms with Crippen LogP contribution in [-0.4, -0.2) is 41.3 Å². The molecule has 1 atom stereocenters. The first-order chi connectivity index (χ1) is 16.1. The van der Waals surface area contributed by atoms with Crippen LogP contribution in [-0.2, 0) is 22.4 Å². The molecular weight excluding hydrogens is 410 g/mol. The van der Waals surface area contributed by atoms with E-state index < -0.39 is 5.41 Å². The quantitative estimate of drug-likeness (QED) is 0.595. The van der Waals surface area contributed by atoms with Gasteiger partial charge in [-0.25, -0.2) is 0 Å². The van der Waals surface area contributed by atoms with Crippen LogP contribution in [0.15, 0.2) is 79.0 Å². The normalized spacial score (nSPS) is 18.0. The van der Waals surface area contributed by atoms with E-state index in [0.717, 1.165) is 29.7 Å². The van der Waals surface area contributed by atoms with Crippen molar-refractivity contribution in [1.82, 2.24) is 15.2 Å². The van der Waals surface area contributed by atoms with E-state index in [0.29, 0.717) is 26.1 Å². The molecule has 0 aliphatic carbocycles. The van der Waals surface area contributed by atoms with Gasteiger partial charge in [-0.2, -0.15) is 0 Å². The Morgan fingerprint density at radius 2 is 1.70 bits per heavy atom. The highest BCUT2D eigenvalue weighted by Gasteiger charge is 2.43. The van der Waals surface area contributed by atoms with Crippen LogP contribution in [0.2, 0.25) is 0 Å². The van der Waals surface area contributed by atoms with Gasteiger partial charge in [0.25, 0.3) is 0 Å². The molecule has 3 aromatic rings. The highest BCUT2D eigenvalue weighted by Crippen LogP contribution is 2.35. The molecule has 33 heavy (non-hydrogen) atoms. The zero-order valence-electron chi connectivity index (χ0n) is 19.2. The smallest absolute Gasteiger partial charge is 0.228 e. The summed E-state index contributed by atoms with van der Waals surface area (Å²) >= 11 is 0. The lowest BCUT2D eigenvalue weighted by Crippen LogP contribution is -2.54. The van der Waals surface area contributed by atoms with Crippen molar-refractivity contribution in [3.8, 4) is 11.1 Å². The first kappa shape index (κ1) is 22.7. The van der Waals surface area contributed by atoms with Gasteiger partial charge in [0, 0.05) is 31.5 Å². The molecule has 2 aromatic carbocycles. The van der Waals surface area contributed by atoms with Crippen LogP contribution in [0.1, 0.15) is 31.0 Å². The van der Waals surface area contributed by atoms with Crippen molar-refractivity contribution < 1.29 is 9.59 Å². The van der Waals surface area contributed by atoms with Crippen LogP contribution >= 0.6 is 0 Å². The maximum absolute atomic E-state index is 13.3. The van der Waals surface area contributed by atoms with E-state index in [-0.39, 0.29) is 18.2 Å². The van der Waals surface area contributed by atoms with Crippen LogP contribution in [0.4, 0.5) is 0 Å². The predicted molar refractivity (Wildman–Crippen MR) is 130 cm³/mol. The van der Waals surface area contributed by atoms with Crippen LogP contribution in [0, 0.1) is 5.41 Å². The van der Waals surface area contributed by atoms with Gasteiger partial charge in [-0.3, -0.25) is 14.6 Å². The summed E-state index contributed by atoms with van der Waals surface area (Å²) in [6, 6.07) is 24.3. The number of piperidine rings is 1. The Kier molecular flexibility index (Phi) is 7.18. The van der Waals surface area contributed by atoms with Crippen molar-refractivity contribution in [2.24, 2.45) is 5.41 Å². The summed E-state index contributed by atoms with van der Waals surface area (Å²) in [5.41, 5.74) is 3.57. The molecule has 2 amide bonds. The summed E-state index contributed by atoms with van der Waals surface area (Å²) in [7, 11) is 0. The van der Waals surface area contributed by atoms with E-state index in [1.165, 1.54) is 5.56 Å². The summed E-state index contributed by atoms with van der Waals surface area (Å²) < 4.78 is 0. The number of aromatic nitrogens is 1. The summed E-state index contributed by atoms with van der Waals surface area (Å²) in [6.45, 7) is 3.63. The van der Waals surface area contributed by atoms with E-state index in [1.54, 1.807) is 6.20 Å². The van der Waals surface area contributed by atoms with Crippen LogP contribution in [0.5, 0.6) is 0 Å². The molecule has 1 saturated heterocycles. The minimum atomic E-state index is -0.623. The lowest BCUT2D eigenvalue weighted by atomic mass is 9.74. The van der Waals surface area contributed by atoms with E-state index >= 15 is 0 Å². The van der Waals surface area contributed by atoms with E-state index in [4.69, 9.17) is 0 Å². The number of rotatable bonds is 7. The van der Waals surface area contributed by atoms with Crippen molar-refractivity contribution in [2.45, 2.75) is 32.6 Å². The monoisotopic (exact) mass is 441 g/mol. The van der Waals surface area contributed by atoms with Crippen molar-refractivity contribution in [1.29, 1.82) is 0 Å². The Hall–Kier alpha value is -3.47. The van der Waals surface area contributed by atoms with Gasteiger partial charge in [0.1, 0.15) is 0 Å². The minimum Gasteiger partial charge on any atom is -0.356 e. The third-order valence-electron chi connectivity index (χ3n) is 6.41. The Bertz CT molecular complexity index is 1070. The third-order valence-corrected chi connectivity index (χ3v) is 6.41. The number of benzene rings is 2. The van der Waals surface area contributed by atoms with Gasteiger partial charge in [-0.05, 0) is 55.0 Å². The topological polar surface area (TPSA) is 62.3 Å². The molecule has 1 aliphatic heterocycles. The Balaban J connectivity index is 1.53. The number of amides is 2. The number of nitrogens with zero attached hydrogens (tertiary/aromatic N) is 2. The number of hydrogen-bond acceptors (Lipinski definition) is 3. The van der Waals surface area contributed by atoms with Crippen molar-refractivity contribution in [3.05, 3.63) is 90.3 Å². The second-order valence-electron chi connectivity index (χ2n) is 8.80. The molecule has 0 saturated carbocycles. The molecule has 5 heteroatoms. The SMILES string of the molecule is CCNC(=O)[C@]1(Cc2ccc(-c3ccccc3)cc2)CCCN(C(=O)Cc2ccccn2)C1. The predicted octanol–water partition coefficient (Wildman–Crippen LogP) is 4.28. The van der Waals surface area contributed by atoms with E-state index in [9.17, 15) is 9.59 Å². The second kappa shape index (κ2) is 10.4. The fourth-order valence-corrected chi connectivity index (χ4v) is 4.71. The Morgan fingerprint density at radius 3 is 2.39 bits per heavy atom. The van der Waals surface area contributed by atoms with Gasteiger partial charge < -0.3 is 10.2 Å². The molecule has 0 radical (unpaired) electrons. The number of carbonyl (C=O) groups is 2. The number of carbonyl (C=O) groups excluding carboxylic acids is 2. The zero-order chi connectivity index (χ0) is 23.1. The van der Waals surface area contributed by atoms with Gasteiger partial charge in [0.2, 0.25) is 11.8 Å². The van der Waals surface area contributed by atoms with E-state index in [1.807, 2.05) is 48.2 Å². The molecule has 170 valence electrons. The molecule has 0 bridgehead atoms. The highest BCUT2D eigenvalue weighted by atomic mass is 16.2. The second-order valence-corrected chi connectivity index (χ2v) is 8.80. The number of pyridine rings is 1. The average Bonchev–Trinajstić information content (AvgIpc) is 2.86. The summed E-state index contributed by atoms with van der Waals surface area (Å²) in [4.78, 5) is 32.5. The van der Waals surface area contributed by atoms with Gasteiger partial charge in [-0.1, -0.05) is 60.7 Å². The molecule has 5 nitrogen and oxygen atoms in total. The van der Waals surface area contributed by atoms with Crippen molar-refractivity contribution in [2.75, 3.05) is 19.6 Å². The Morgan fingerprint density at radius 1 is 0.970 bits per heavy atom. The van der Waals surface area contributed by atoms with Gasteiger partial charge in [-0.15, -0.1) is 0 Å². The molecule has 4 rings (SSSR count). The molecule has 1 aromatic heterocycles. The largest absolute Gasteiger partial charge is 0.356 e. The molecule has 1 aliphatic rings. The van der Waals surface area contributed by atoms with Crippen LogP contribution in [0.3, 0.4) is 0 Å². The van der Waals surface area contributed by atoms with Gasteiger partial charge >= 0.3 is 0 Å². The lowest BCUT2D eigenvalue weighted by molar-refractivity contribution is -0.141. The van der Waals surface area contributed by atoms with Crippen molar-refractivity contribution in [3.63, 3.8) is 0 Å². The van der Waals surface area contributed by atoms with Crippen molar-refractivity contribution >= 4 is 11.8 Å². The molecular formula is C28H31N3O2. The van der Waals surface area contributed by atoms with Crippen LogP contribution in [0.25, 0.3) is 11.1 Å². The maximum atomic E-state index is 13.3. The van der Waals surface area contributed by atoms with Gasteiger partial charge in [0.05, 0.1) is 11.8 Å². The molecule has 0 spiro atoms. The summed E-state index contributed by atoms with van der Waals surface area (Å²) in [6.07, 6.45) is 4.16. The first-order valence-corrected chi connectivity index (χ1v) is 11.7. The standard InChI is InChI=1S/C28H31N3O2/c1-2-29-27(33)28(20-22-12-14-24(15-13-22)23-9-4-3-5-10-23)16-8-18-31(21-28)26(32)19-25-11-6-7-17-30-25/h3-7,9-15,17H,2,8,16,18-21H2,1H3,(H,29,33)/t28-/m0/s1. The number of hydrogen-bond donors (Lipinski definition) is 1.